The van der Waals surface area contributed by atoms with Crippen molar-refractivity contribution in [1.82, 2.24) is 9.97 Å². The fourth-order valence-electron chi connectivity index (χ4n) is 2.16. The first-order valence-corrected chi connectivity index (χ1v) is 7.45. The first kappa shape index (κ1) is 16.5. The van der Waals surface area contributed by atoms with Gasteiger partial charge in [-0.25, -0.2) is 18.7 Å². The SMILES string of the molecule is Cc1cc(C(=O)Nc2ccc(F)cc2)nc(Nc2cccc(F)c2)n1. The first-order chi connectivity index (χ1) is 12.0. The molecule has 0 fully saturated rings. The standard InChI is InChI=1S/C18H14F2N4O/c1-11-9-16(17(25)22-14-7-5-12(19)6-8-14)24-18(21-11)23-15-4-2-3-13(20)10-15/h2-10H,1H3,(H,22,25)(H,21,23,24). The Kier molecular flexibility index (Phi) is 4.65. The van der Waals surface area contributed by atoms with Crippen LogP contribution in [0.15, 0.2) is 54.6 Å². The number of nitrogens with zero attached hydrogens (tertiary/aromatic N) is 2. The number of rotatable bonds is 4. The molecule has 25 heavy (non-hydrogen) atoms. The van der Waals surface area contributed by atoms with Gasteiger partial charge in [0.05, 0.1) is 0 Å². The van der Waals surface area contributed by atoms with E-state index in [4.69, 9.17) is 0 Å². The predicted octanol–water partition coefficient (Wildman–Crippen LogP) is 4.06. The smallest absolute Gasteiger partial charge is 0.274 e. The third kappa shape index (κ3) is 4.35. The van der Waals surface area contributed by atoms with E-state index < -0.39 is 17.5 Å². The van der Waals surface area contributed by atoms with E-state index in [1.54, 1.807) is 19.1 Å². The van der Waals surface area contributed by atoms with Gasteiger partial charge < -0.3 is 10.6 Å². The summed E-state index contributed by atoms with van der Waals surface area (Å²) in [5, 5.41) is 5.49. The molecule has 2 N–H and O–H groups in total. The van der Waals surface area contributed by atoms with Crippen LogP contribution in [0.5, 0.6) is 0 Å². The quantitative estimate of drug-likeness (QED) is 0.752. The van der Waals surface area contributed by atoms with Crippen LogP contribution in [-0.2, 0) is 0 Å². The summed E-state index contributed by atoms with van der Waals surface area (Å²) in [6, 6.07) is 12.8. The number of anilines is 3. The number of aryl methyl sites for hydroxylation is 1. The summed E-state index contributed by atoms with van der Waals surface area (Å²) < 4.78 is 26.2. The van der Waals surface area contributed by atoms with Crippen LogP contribution < -0.4 is 10.6 Å². The van der Waals surface area contributed by atoms with Crippen LogP contribution in [0.3, 0.4) is 0 Å². The Labute approximate surface area is 142 Å². The lowest BCUT2D eigenvalue weighted by atomic mass is 10.2. The zero-order chi connectivity index (χ0) is 17.8. The van der Waals surface area contributed by atoms with Crippen LogP contribution in [0.25, 0.3) is 0 Å². The molecule has 0 saturated heterocycles. The van der Waals surface area contributed by atoms with E-state index in [2.05, 4.69) is 20.6 Å². The Balaban J connectivity index is 1.80. The molecule has 7 heteroatoms. The highest BCUT2D eigenvalue weighted by Crippen LogP contribution is 2.16. The summed E-state index contributed by atoms with van der Waals surface area (Å²) in [5.74, 6) is -1.07. The predicted molar refractivity (Wildman–Crippen MR) is 90.8 cm³/mol. The Bertz CT molecular complexity index is 913. The summed E-state index contributed by atoms with van der Waals surface area (Å²) in [5.41, 5.74) is 1.62. The summed E-state index contributed by atoms with van der Waals surface area (Å²) in [6.07, 6.45) is 0. The molecule has 126 valence electrons. The highest BCUT2D eigenvalue weighted by molar-refractivity contribution is 6.03. The van der Waals surface area contributed by atoms with E-state index in [-0.39, 0.29) is 11.6 Å². The van der Waals surface area contributed by atoms with Crippen LogP contribution >= 0.6 is 0 Å². The van der Waals surface area contributed by atoms with Gasteiger partial charge in [-0.1, -0.05) is 6.07 Å². The average molecular weight is 340 g/mol. The molecule has 1 heterocycles. The Hall–Kier alpha value is -3.35. The van der Waals surface area contributed by atoms with Crippen molar-refractivity contribution in [3.8, 4) is 0 Å². The van der Waals surface area contributed by atoms with Gasteiger partial charge in [-0.3, -0.25) is 4.79 Å². The van der Waals surface area contributed by atoms with Gasteiger partial charge in [0.1, 0.15) is 17.3 Å². The molecule has 0 bridgehead atoms. The van der Waals surface area contributed by atoms with Crippen molar-refractivity contribution in [2.24, 2.45) is 0 Å². The molecule has 0 aliphatic rings. The monoisotopic (exact) mass is 340 g/mol. The summed E-state index contributed by atoms with van der Waals surface area (Å²) in [4.78, 5) is 20.7. The highest BCUT2D eigenvalue weighted by atomic mass is 19.1. The molecule has 0 spiro atoms. The van der Waals surface area contributed by atoms with E-state index >= 15 is 0 Å². The van der Waals surface area contributed by atoms with Gasteiger partial charge in [-0.15, -0.1) is 0 Å². The maximum absolute atomic E-state index is 13.3. The number of amides is 1. The van der Waals surface area contributed by atoms with Gasteiger partial charge in [0.15, 0.2) is 0 Å². The molecule has 3 aromatic rings. The molecule has 1 aromatic heterocycles. The van der Waals surface area contributed by atoms with Gasteiger partial charge in [-0.2, -0.15) is 0 Å². The van der Waals surface area contributed by atoms with Crippen LogP contribution in [0.1, 0.15) is 16.2 Å². The summed E-state index contributed by atoms with van der Waals surface area (Å²) >= 11 is 0. The Morgan fingerprint density at radius 1 is 0.920 bits per heavy atom. The van der Waals surface area contributed by atoms with Crippen molar-refractivity contribution in [3.63, 3.8) is 0 Å². The van der Waals surface area contributed by atoms with E-state index in [9.17, 15) is 13.6 Å². The average Bonchev–Trinajstić information content (AvgIpc) is 2.56. The lowest BCUT2D eigenvalue weighted by molar-refractivity contribution is 0.102. The second kappa shape index (κ2) is 7.04. The number of benzene rings is 2. The number of nitrogens with one attached hydrogen (secondary N) is 2. The molecule has 0 unspecified atom stereocenters. The molecule has 2 aromatic carbocycles. The second-order valence-corrected chi connectivity index (χ2v) is 5.31. The zero-order valence-corrected chi connectivity index (χ0v) is 13.3. The van der Waals surface area contributed by atoms with E-state index in [0.717, 1.165) is 0 Å². The maximum Gasteiger partial charge on any atom is 0.274 e. The molecular formula is C18H14F2N4O. The number of hydrogen-bond acceptors (Lipinski definition) is 4. The van der Waals surface area contributed by atoms with Crippen molar-refractivity contribution in [1.29, 1.82) is 0 Å². The molecular weight excluding hydrogens is 326 g/mol. The van der Waals surface area contributed by atoms with Gasteiger partial charge in [-0.05, 0) is 55.5 Å². The van der Waals surface area contributed by atoms with Crippen LogP contribution in [0, 0.1) is 18.6 Å². The van der Waals surface area contributed by atoms with Crippen molar-refractivity contribution >= 4 is 23.2 Å². The molecule has 3 rings (SSSR count). The van der Waals surface area contributed by atoms with E-state index in [0.29, 0.717) is 17.1 Å². The molecule has 1 amide bonds. The Morgan fingerprint density at radius 2 is 1.68 bits per heavy atom. The molecule has 0 aliphatic heterocycles. The first-order valence-electron chi connectivity index (χ1n) is 7.45. The molecule has 0 radical (unpaired) electrons. The summed E-state index contributed by atoms with van der Waals surface area (Å²) in [7, 11) is 0. The minimum absolute atomic E-state index is 0.135. The van der Waals surface area contributed by atoms with Crippen LogP contribution in [0.2, 0.25) is 0 Å². The van der Waals surface area contributed by atoms with Crippen molar-refractivity contribution < 1.29 is 13.6 Å². The summed E-state index contributed by atoms with van der Waals surface area (Å²) in [6.45, 7) is 1.72. The number of hydrogen-bond donors (Lipinski definition) is 2. The maximum atomic E-state index is 13.3. The van der Waals surface area contributed by atoms with Crippen molar-refractivity contribution in [2.75, 3.05) is 10.6 Å². The topological polar surface area (TPSA) is 66.9 Å². The third-order valence-electron chi connectivity index (χ3n) is 3.27. The molecule has 5 nitrogen and oxygen atoms in total. The van der Waals surface area contributed by atoms with E-state index in [1.807, 2.05) is 0 Å². The largest absolute Gasteiger partial charge is 0.324 e. The lowest BCUT2D eigenvalue weighted by Crippen LogP contribution is -2.15. The fraction of sp³-hybridized carbons (Fsp3) is 0.0556. The molecule has 0 atom stereocenters. The van der Waals surface area contributed by atoms with Crippen molar-refractivity contribution in [3.05, 3.63) is 77.6 Å². The van der Waals surface area contributed by atoms with Crippen LogP contribution in [0.4, 0.5) is 26.1 Å². The normalized spacial score (nSPS) is 10.4. The van der Waals surface area contributed by atoms with Gasteiger partial charge in [0.2, 0.25) is 5.95 Å². The minimum Gasteiger partial charge on any atom is -0.324 e. The molecule has 0 aliphatic carbocycles. The molecule has 0 saturated carbocycles. The van der Waals surface area contributed by atoms with Gasteiger partial charge >= 0.3 is 0 Å². The van der Waals surface area contributed by atoms with Gasteiger partial charge in [0.25, 0.3) is 5.91 Å². The fourth-order valence-corrected chi connectivity index (χ4v) is 2.16. The zero-order valence-electron chi connectivity index (χ0n) is 13.3. The number of halogens is 2. The highest BCUT2D eigenvalue weighted by Gasteiger charge is 2.11. The van der Waals surface area contributed by atoms with Crippen molar-refractivity contribution in [2.45, 2.75) is 6.92 Å². The Morgan fingerprint density at radius 3 is 2.40 bits per heavy atom. The minimum atomic E-state index is -0.459. The lowest BCUT2D eigenvalue weighted by Gasteiger charge is -2.09. The van der Waals surface area contributed by atoms with E-state index in [1.165, 1.54) is 42.5 Å². The van der Waals surface area contributed by atoms with Crippen LogP contribution in [-0.4, -0.2) is 15.9 Å². The second-order valence-electron chi connectivity index (χ2n) is 5.31. The number of carbonyl (C=O) groups is 1. The van der Waals surface area contributed by atoms with Gasteiger partial charge in [0, 0.05) is 17.1 Å². The number of aromatic nitrogens is 2. The third-order valence-corrected chi connectivity index (χ3v) is 3.27. The number of carbonyl (C=O) groups excluding carboxylic acids is 1.